The van der Waals surface area contributed by atoms with E-state index in [1.807, 2.05) is 0 Å². The fourth-order valence-corrected chi connectivity index (χ4v) is 1.22. The standard InChI is InChI=1S/C10H11N5O3/c1-6-12-10(15-14-6)13-8(16)4-11-9(17)7-2-3-18-5-7/h2-3,5H,4H2,1H3,(H,11,17)(H2,12,13,14,15,16). The number of aromatic nitrogens is 3. The van der Waals surface area contributed by atoms with E-state index in [0.717, 1.165) is 0 Å². The van der Waals surface area contributed by atoms with Crippen molar-refractivity contribution in [1.29, 1.82) is 0 Å². The van der Waals surface area contributed by atoms with Gasteiger partial charge in [-0.3, -0.25) is 20.0 Å². The molecule has 2 amide bonds. The minimum absolute atomic E-state index is 0.169. The van der Waals surface area contributed by atoms with Crippen LogP contribution in [0, 0.1) is 6.92 Å². The van der Waals surface area contributed by atoms with Crippen LogP contribution in [0.2, 0.25) is 0 Å². The average molecular weight is 249 g/mol. The Kier molecular flexibility index (Phi) is 3.37. The molecule has 94 valence electrons. The molecule has 0 radical (unpaired) electrons. The molecule has 0 aromatic carbocycles. The summed E-state index contributed by atoms with van der Waals surface area (Å²) in [6, 6.07) is 1.51. The monoisotopic (exact) mass is 249 g/mol. The zero-order valence-corrected chi connectivity index (χ0v) is 9.56. The van der Waals surface area contributed by atoms with Gasteiger partial charge in [0.25, 0.3) is 5.91 Å². The Labute approximate surface area is 102 Å². The number of hydrogen-bond donors (Lipinski definition) is 3. The third-order valence-corrected chi connectivity index (χ3v) is 2.04. The number of H-pyrrole nitrogens is 1. The van der Waals surface area contributed by atoms with Crippen LogP contribution in [0.4, 0.5) is 5.95 Å². The van der Waals surface area contributed by atoms with Gasteiger partial charge in [-0.2, -0.15) is 4.98 Å². The highest BCUT2D eigenvalue weighted by atomic mass is 16.3. The second-order valence-corrected chi connectivity index (χ2v) is 3.49. The molecule has 2 aromatic rings. The molecule has 0 spiro atoms. The molecule has 3 N–H and O–H groups in total. The second kappa shape index (κ2) is 5.13. The Morgan fingerprint density at radius 3 is 2.94 bits per heavy atom. The number of carbonyl (C=O) groups is 2. The predicted molar refractivity (Wildman–Crippen MR) is 60.8 cm³/mol. The lowest BCUT2D eigenvalue weighted by atomic mass is 10.3. The molecular weight excluding hydrogens is 238 g/mol. The van der Waals surface area contributed by atoms with E-state index in [1.54, 1.807) is 6.92 Å². The molecule has 0 saturated carbocycles. The predicted octanol–water partition coefficient (Wildman–Crippen LogP) is 0.0746. The third-order valence-electron chi connectivity index (χ3n) is 2.04. The number of hydrogen-bond acceptors (Lipinski definition) is 5. The van der Waals surface area contributed by atoms with Crippen LogP contribution >= 0.6 is 0 Å². The molecule has 0 atom stereocenters. The van der Waals surface area contributed by atoms with Gasteiger partial charge in [-0.15, -0.1) is 5.10 Å². The minimum atomic E-state index is -0.411. The fraction of sp³-hybridized carbons (Fsp3) is 0.200. The third kappa shape index (κ3) is 2.94. The maximum Gasteiger partial charge on any atom is 0.254 e. The van der Waals surface area contributed by atoms with Gasteiger partial charge in [0.15, 0.2) is 0 Å². The van der Waals surface area contributed by atoms with Crippen molar-refractivity contribution in [2.75, 3.05) is 11.9 Å². The second-order valence-electron chi connectivity index (χ2n) is 3.49. The zero-order chi connectivity index (χ0) is 13.0. The van der Waals surface area contributed by atoms with Crippen LogP contribution in [-0.4, -0.2) is 33.5 Å². The van der Waals surface area contributed by atoms with Gasteiger partial charge < -0.3 is 9.73 Å². The van der Waals surface area contributed by atoms with Gasteiger partial charge >= 0.3 is 0 Å². The van der Waals surface area contributed by atoms with E-state index in [9.17, 15) is 9.59 Å². The molecule has 18 heavy (non-hydrogen) atoms. The summed E-state index contributed by atoms with van der Waals surface area (Å²) in [5.74, 6) is -0.0290. The summed E-state index contributed by atoms with van der Waals surface area (Å²) in [4.78, 5) is 26.8. The number of aromatic amines is 1. The average Bonchev–Trinajstić information content (AvgIpc) is 2.97. The molecule has 0 aliphatic rings. The normalized spacial score (nSPS) is 10.1. The van der Waals surface area contributed by atoms with Crippen molar-refractivity contribution in [2.45, 2.75) is 6.92 Å². The van der Waals surface area contributed by atoms with Crippen LogP contribution in [-0.2, 0) is 4.79 Å². The van der Waals surface area contributed by atoms with Gasteiger partial charge in [0.1, 0.15) is 12.1 Å². The first-order valence-electron chi connectivity index (χ1n) is 5.14. The maximum absolute atomic E-state index is 11.5. The Hall–Kier alpha value is -2.64. The van der Waals surface area contributed by atoms with Crippen LogP contribution in [0.15, 0.2) is 23.0 Å². The number of aryl methyl sites for hydroxylation is 1. The number of anilines is 1. The summed E-state index contributed by atoms with van der Waals surface area (Å²) >= 11 is 0. The Morgan fingerprint density at radius 1 is 1.50 bits per heavy atom. The number of nitrogens with one attached hydrogen (secondary N) is 3. The van der Waals surface area contributed by atoms with Crippen LogP contribution in [0.1, 0.15) is 16.2 Å². The number of nitrogens with zero attached hydrogens (tertiary/aromatic N) is 2. The van der Waals surface area contributed by atoms with E-state index in [-0.39, 0.29) is 18.4 Å². The molecular formula is C10H11N5O3. The molecule has 2 rings (SSSR count). The van der Waals surface area contributed by atoms with Gasteiger partial charge in [-0.25, -0.2) is 0 Å². The van der Waals surface area contributed by atoms with Crippen LogP contribution in [0.5, 0.6) is 0 Å². The van der Waals surface area contributed by atoms with E-state index in [0.29, 0.717) is 11.4 Å². The number of amides is 2. The lowest BCUT2D eigenvalue weighted by Gasteiger charge is -2.02. The van der Waals surface area contributed by atoms with Crippen LogP contribution < -0.4 is 10.6 Å². The minimum Gasteiger partial charge on any atom is -0.472 e. The molecule has 0 aliphatic heterocycles. The number of rotatable bonds is 4. The molecule has 8 nitrogen and oxygen atoms in total. The quantitative estimate of drug-likeness (QED) is 0.709. The topological polar surface area (TPSA) is 113 Å². The lowest BCUT2D eigenvalue weighted by molar-refractivity contribution is -0.115. The smallest absolute Gasteiger partial charge is 0.254 e. The van der Waals surface area contributed by atoms with E-state index < -0.39 is 5.91 Å². The fourth-order valence-electron chi connectivity index (χ4n) is 1.22. The zero-order valence-electron chi connectivity index (χ0n) is 9.56. The van der Waals surface area contributed by atoms with E-state index in [2.05, 4.69) is 25.8 Å². The van der Waals surface area contributed by atoms with Crippen LogP contribution in [0.3, 0.4) is 0 Å². The largest absolute Gasteiger partial charge is 0.472 e. The van der Waals surface area contributed by atoms with Gasteiger partial charge in [0.05, 0.1) is 18.4 Å². The van der Waals surface area contributed by atoms with E-state index in [1.165, 1.54) is 18.6 Å². The summed E-state index contributed by atoms with van der Waals surface area (Å²) in [5, 5.41) is 11.2. The van der Waals surface area contributed by atoms with Crippen molar-refractivity contribution in [1.82, 2.24) is 20.5 Å². The highest BCUT2D eigenvalue weighted by Crippen LogP contribution is 1.99. The van der Waals surface area contributed by atoms with Gasteiger partial charge in [0, 0.05) is 0 Å². The highest BCUT2D eigenvalue weighted by molar-refractivity contribution is 5.98. The van der Waals surface area contributed by atoms with Crippen molar-refractivity contribution in [3.8, 4) is 0 Å². The summed E-state index contributed by atoms with van der Waals surface area (Å²) < 4.78 is 4.76. The molecule has 0 aliphatic carbocycles. The van der Waals surface area contributed by atoms with Crippen molar-refractivity contribution < 1.29 is 14.0 Å². The first-order valence-corrected chi connectivity index (χ1v) is 5.14. The molecule has 0 fully saturated rings. The van der Waals surface area contributed by atoms with Crippen molar-refractivity contribution >= 4 is 17.8 Å². The Bertz CT molecular complexity index is 546. The summed E-state index contributed by atoms with van der Waals surface area (Å²) in [6.07, 6.45) is 2.68. The van der Waals surface area contributed by atoms with E-state index in [4.69, 9.17) is 4.42 Å². The molecule has 8 heteroatoms. The highest BCUT2D eigenvalue weighted by Gasteiger charge is 2.10. The first-order chi connectivity index (χ1) is 8.65. The summed E-state index contributed by atoms with van der Waals surface area (Å²) in [7, 11) is 0. The van der Waals surface area contributed by atoms with Gasteiger partial charge in [-0.05, 0) is 13.0 Å². The molecule has 0 unspecified atom stereocenters. The molecule has 2 heterocycles. The van der Waals surface area contributed by atoms with Crippen molar-refractivity contribution in [2.24, 2.45) is 0 Å². The number of carbonyl (C=O) groups excluding carboxylic acids is 2. The van der Waals surface area contributed by atoms with Gasteiger partial charge in [-0.1, -0.05) is 0 Å². The van der Waals surface area contributed by atoms with Crippen molar-refractivity contribution in [3.63, 3.8) is 0 Å². The molecule has 0 bridgehead atoms. The van der Waals surface area contributed by atoms with E-state index >= 15 is 0 Å². The maximum atomic E-state index is 11.5. The Balaban J connectivity index is 1.80. The van der Waals surface area contributed by atoms with Gasteiger partial charge in [0.2, 0.25) is 11.9 Å². The number of furan rings is 1. The molecule has 2 aromatic heterocycles. The van der Waals surface area contributed by atoms with Crippen LogP contribution in [0.25, 0.3) is 0 Å². The summed E-state index contributed by atoms with van der Waals surface area (Å²) in [6.45, 7) is 1.54. The molecule has 0 saturated heterocycles. The lowest BCUT2D eigenvalue weighted by Crippen LogP contribution is -2.32. The summed E-state index contributed by atoms with van der Waals surface area (Å²) in [5.41, 5.74) is 0.358. The Morgan fingerprint density at radius 2 is 2.33 bits per heavy atom. The first kappa shape index (κ1) is 11.8. The van der Waals surface area contributed by atoms with Crippen molar-refractivity contribution in [3.05, 3.63) is 30.0 Å². The SMILES string of the molecule is Cc1nc(NC(=O)CNC(=O)c2ccoc2)n[nH]1.